The van der Waals surface area contributed by atoms with Crippen molar-refractivity contribution in [2.45, 2.75) is 45.4 Å². The second kappa shape index (κ2) is 5.76. The number of carbonyl (C=O) groups is 1. The molecule has 0 aromatic carbocycles. The second-order valence-electron chi connectivity index (χ2n) is 7.31. The van der Waals surface area contributed by atoms with Crippen LogP contribution in [0.1, 0.15) is 53.7 Å². The molecule has 1 aliphatic heterocycles. The number of aromatic nitrogens is 4. The number of hydrogen-bond donors (Lipinski definition) is 0. The summed E-state index contributed by atoms with van der Waals surface area (Å²) in [5.41, 5.74) is 2.17. The van der Waals surface area contributed by atoms with Crippen LogP contribution in [0.3, 0.4) is 0 Å². The largest absolute Gasteiger partial charge is 0.336 e. The summed E-state index contributed by atoms with van der Waals surface area (Å²) >= 11 is 1.77. The highest BCUT2D eigenvalue weighted by Gasteiger charge is 2.26. The highest BCUT2D eigenvalue weighted by atomic mass is 32.1. The summed E-state index contributed by atoms with van der Waals surface area (Å²) in [6, 6.07) is 0. The normalized spacial score (nSPS) is 18.8. The van der Waals surface area contributed by atoms with Gasteiger partial charge in [0.25, 0.3) is 5.91 Å². The van der Waals surface area contributed by atoms with Gasteiger partial charge in [0, 0.05) is 18.0 Å². The lowest BCUT2D eigenvalue weighted by Crippen LogP contribution is -2.38. The van der Waals surface area contributed by atoms with Crippen molar-refractivity contribution in [1.29, 1.82) is 0 Å². The van der Waals surface area contributed by atoms with Crippen LogP contribution in [0.5, 0.6) is 0 Å². The van der Waals surface area contributed by atoms with E-state index in [2.05, 4.69) is 22.0 Å². The number of piperidine rings is 1. The van der Waals surface area contributed by atoms with Crippen LogP contribution in [0.4, 0.5) is 0 Å². The molecule has 2 aliphatic rings. The van der Waals surface area contributed by atoms with Gasteiger partial charge in [-0.25, -0.2) is 14.5 Å². The van der Waals surface area contributed by atoms with Crippen molar-refractivity contribution in [2.75, 3.05) is 13.1 Å². The molecule has 0 saturated carbocycles. The van der Waals surface area contributed by atoms with Crippen molar-refractivity contribution in [2.24, 2.45) is 5.92 Å². The van der Waals surface area contributed by atoms with Crippen LogP contribution < -0.4 is 0 Å². The Morgan fingerprint density at radius 1 is 1.24 bits per heavy atom. The predicted octanol–water partition coefficient (Wildman–Crippen LogP) is 3.09. The summed E-state index contributed by atoms with van der Waals surface area (Å²) in [6.07, 6.45) is 8.49. The number of nitrogens with zero attached hydrogens (tertiary/aromatic N) is 5. The molecular weight excluding hydrogens is 334 g/mol. The van der Waals surface area contributed by atoms with Crippen molar-refractivity contribution in [3.8, 4) is 0 Å². The predicted molar refractivity (Wildman–Crippen MR) is 97.1 cm³/mol. The monoisotopic (exact) mass is 355 g/mol. The number of aryl methyl sites for hydroxylation is 2. The Balaban J connectivity index is 1.58. The average Bonchev–Trinajstić information content (AvgIpc) is 3.22. The zero-order valence-electron chi connectivity index (χ0n) is 14.4. The van der Waals surface area contributed by atoms with Gasteiger partial charge < -0.3 is 4.90 Å². The minimum absolute atomic E-state index is 0.0483. The summed E-state index contributed by atoms with van der Waals surface area (Å²) in [7, 11) is 0. The van der Waals surface area contributed by atoms with Crippen molar-refractivity contribution < 1.29 is 4.79 Å². The fraction of sp³-hybridized carbons (Fsp3) is 0.556. The molecule has 7 heteroatoms. The molecule has 4 heterocycles. The molecule has 0 radical (unpaired) electrons. The van der Waals surface area contributed by atoms with E-state index in [1.54, 1.807) is 22.2 Å². The van der Waals surface area contributed by atoms with E-state index in [9.17, 15) is 4.79 Å². The molecule has 1 fully saturated rings. The molecule has 1 amide bonds. The van der Waals surface area contributed by atoms with Crippen molar-refractivity contribution in [1.82, 2.24) is 24.5 Å². The number of hydrogen-bond acceptors (Lipinski definition) is 5. The lowest BCUT2D eigenvalue weighted by atomic mass is 9.97. The molecule has 5 rings (SSSR count). The molecule has 0 spiro atoms. The molecular formula is C18H21N5OS. The molecule has 3 aromatic rings. The van der Waals surface area contributed by atoms with E-state index in [4.69, 9.17) is 0 Å². The van der Waals surface area contributed by atoms with Gasteiger partial charge in [-0.2, -0.15) is 0 Å². The summed E-state index contributed by atoms with van der Waals surface area (Å²) < 4.78 is 1.68. The van der Waals surface area contributed by atoms with E-state index in [1.807, 2.05) is 4.90 Å². The number of fused-ring (bicyclic) bond motifs is 5. The summed E-state index contributed by atoms with van der Waals surface area (Å²) in [5.74, 6) is 0.951. The van der Waals surface area contributed by atoms with Gasteiger partial charge in [0.2, 0.25) is 5.82 Å². The molecule has 25 heavy (non-hydrogen) atoms. The quantitative estimate of drug-likeness (QED) is 0.673. The Bertz CT molecular complexity index is 967. The fourth-order valence-electron chi connectivity index (χ4n) is 4.00. The average molecular weight is 355 g/mol. The fourth-order valence-corrected chi connectivity index (χ4v) is 5.22. The molecule has 6 nitrogen and oxygen atoms in total. The van der Waals surface area contributed by atoms with Crippen LogP contribution in [0.25, 0.3) is 15.9 Å². The summed E-state index contributed by atoms with van der Waals surface area (Å²) in [6.45, 7) is 3.85. The number of carbonyl (C=O) groups excluding carboxylic acids is 1. The van der Waals surface area contributed by atoms with Crippen LogP contribution >= 0.6 is 11.3 Å². The SMILES string of the molecule is CC1CCN(C(=O)c2nc3c4c5c(sc4ncn3n2)CCCC5)CC1. The van der Waals surface area contributed by atoms with E-state index in [0.29, 0.717) is 11.7 Å². The van der Waals surface area contributed by atoms with Gasteiger partial charge in [-0.1, -0.05) is 6.92 Å². The van der Waals surface area contributed by atoms with Crippen LogP contribution in [-0.2, 0) is 12.8 Å². The third-order valence-corrected chi connectivity index (χ3v) is 6.75. The van der Waals surface area contributed by atoms with Crippen molar-refractivity contribution in [3.05, 3.63) is 22.6 Å². The maximum atomic E-state index is 12.8. The Labute approximate surface area is 149 Å². The Morgan fingerprint density at radius 2 is 2.04 bits per heavy atom. The van der Waals surface area contributed by atoms with Gasteiger partial charge in [-0.05, 0) is 50.0 Å². The third kappa shape index (κ3) is 2.44. The molecule has 1 saturated heterocycles. The van der Waals surface area contributed by atoms with E-state index in [1.165, 1.54) is 23.3 Å². The van der Waals surface area contributed by atoms with Gasteiger partial charge in [0.1, 0.15) is 11.2 Å². The number of likely N-dealkylation sites (tertiary alicyclic amines) is 1. The minimum atomic E-state index is -0.0483. The van der Waals surface area contributed by atoms with Crippen LogP contribution in [0.15, 0.2) is 6.33 Å². The van der Waals surface area contributed by atoms with Crippen molar-refractivity contribution >= 4 is 33.1 Å². The van der Waals surface area contributed by atoms with Gasteiger partial charge in [-0.15, -0.1) is 16.4 Å². The third-order valence-electron chi connectivity index (χ3n) is 5.55. The number of thiophene rings is 1. The number of amides is 1. The Morgan fingerprint density at radius 3 is 2.88 bits per heavy atom. The minimum Gasteiger partial charge on any atom is -0.336 e. The highest BCUT2D eigenvalue weighted by Crippen LogP contribution is 2.36. The molecule has 130 valence electrons. The summed E-state index contributed by atoms with van der Waals surface area (Å²) in [4.78, 5) is 26.4. The highest BCUT2D eigenvalue weighted by molar-refractivity contribution is 7.19. The van der Waals surface area contributed by atoms with Gasteiger partial charge in [0.15, 0.2) is 5.65 Å². The van der Waals surface area contributed by atoms with Gasteiger partial charge in [0.05, 0.1) is 5.39 Å². The van der Waals surface area contributed by atoms with Gasteiger partial charge >= 0.3 is 0 Å². The molecule has 0 N–H and O–H groups in total. The number of rotatable bonds is 1. The zero-order chi connectivity index (χ0) is 17.0. The Kier molecular flexibility index (Phi) is 3.51. The van der Waals surface area contributed by atoms with E-state index >= 15 is 0 Å². The van der Waals surface area contributed by atoms with E-state index in [0.717, 1.165) is 54.6 Å². The van der Waals surface area contributed by atoms with Gasteiger partial charge in [-0.3, -0.25) is 4.79 Å². The van der Waals surface area contributed by atoms with Crippen LogP contribution in [0, 0.1) is 5.92 Å². The summed E-state index contributed by atoms with van der Waals surface area (Å²) in [5, 5.41) is 5.55. The lowest BCUT2D eigenvalue weighted by Gasteiger charge is -2.29. The zero-order valence-corrected chi connectivity index (χ0v) is 15.2. The van der Waals surface area contributed by atoms with Crippen LogP contribution in [0.2, 0.25) is 0 Å². The van der Waals surface area contributed by atoms with Crippen LogP contribution in [-0.4, -0.2) is 43.5 Å². The maximum absolute atomic E-state index is 12.8. The molecule has 0 atom stereocenters. The molecule has 3 aromatic heterocycles. The molecule has 0 unspecified atom stereocenters. The maximum Gasteiger partial charge on any atom is 0.293 e. The lowest BCUT2D eigenvalue weighted by molar-refractivity contribution is 0.0685. The topological polar surface area (TPSA) is 63.4 Å². The van der Waals surface area contributed by atoms with E-state index in [-0.39, 0.29) is 5.91 Å². The molecule has 1 aliphatic carbocycles. The van der Waals surface area contributed by atoms with Crippen molar-refractivity contribution in [3.63, 3.8) is 0 Å². The Hall–Kier alpha value is -2.02. The smallest absolute Gasteiger partial charge is 0.293 e. The first kappa shape index (κ1) is 15.3. The standard InChI is InChI=1S/C18H21N5OS/c1-11-6-8-22(9-7-11)18(24)15-20-16-14-12-4-2-3-5-13(12)25-17(14)19-10-23(16)21-15/h10-11H,2-9H2,1H3. The first-order valence-electron chi connectivity index (χ1n) is 9.15. The van der Waals surface area contributed by atoms with E-state index < -0.39 is 0 Å². The molecule has 0 bridgehead atoms. The first-order valence-corrected chi connectivity index (χ1v) is 9.97. The first-order chi connectivity index (χ1) is 12.2. The second-order valence-corrected chi connectivity index (χ2v) is 8.40.